The van der Waals surface area contributed by atoms with Gasteiger partial charge in [-0.2, -0.15) is 0 Å². The summed E-state index contributed by atoms with van der Waals surface area (Å²) in [6.45, 7) is 33.2. The Morgan fingerprint density at radius 3 is 1.55 bits per heavy atom. The fourth-order valence-corrected chi connectivity index (χ4v) is 9.79. The second-order valence-electron chi connectivity index (χ2n) is 20.8. The van der Waals surface area contributed by atoms with Gasteiger partial charge >= 0.3 is 0 Å². The van der Waals surface area contributed by atoms with Gasteiger partial charge < -0.3 is 9.80 Å². The van der Waals surface area contributed by atoms with Gasteiger partial charge in [0.15, 0.2) is 0 Å². The number of aryl methyl sites for hydroxylation is 1. The Bertz CT molecular complexity index is 2250. The molecule has 53 heavy (non-hydrogen) atoms. The van der Waals surface area contributed by atoms with E-state index in [0.717, 1.165) is 6.42 Å². The SMILES string of the molecule is Cc1ccc2c(c1)B1c3cc4c(cc3N(c3cc(C(C)(C)C)cc(C(C)(C)C)c3)c3cccc(c31)N2c1ccc(C(C)(C)C)cc1)C(C)(C)CC4(C)C. The molecule has 0 atom stereocenters. The molecule has 1 aliphatic carbocycles. The second kappa shape index (κ2) is 11.4. The fourth-order valence-electron chi connectivity index (χ4n) is 9.79. The van der Waals surface area contributed by atoms with Crippen molar-refractivity contribution in [3.05, 3.63) is 124 Å². The maximum absolute atomic E-state index is 2.64. The van der Waals surface area contributed by atoms with E-state index in [2.05, 4.69) is 198 Å². The normalized spacial score (nSPS) is 17.0. The molecule has 2 aliphatic heterocycles. The highest BCUT2D eigenvalue weighted by Gasteiger charge is 2.48. The third kappa shape index (κ3) is 5.68. The molecule has 0 saturated carbocycles. The van der Waals surface area contributed by atoms with Crippen LogP contribution in [-0.4, -0.2) is 6.71 Å². The van der Waals surface area contributed by atoms with Crippen molar-refractivity contribution in [3.8, 4) is 0 Å². The Hall–Kier alpha value is -4.24. The summed E-state index contributed by atoms with van der Waals surface area (Å²) in [5, 5.41) is 0. The summed E-state index contributed by atoms with van der Waals surface area (Å²) in [7, 11) is 0. The number of hydrogen-bond acceptors (Lipinski definition) is 2. The van der Waals surface area contributed by atoms with Crippen molar-refractivity contribution in [1.82, 2.24) is 0 Å². The van der Waals surface area contributed by atoms with Gasteiger partial charge in [0.05, 0.1) is 0 Å². The lowest BCUT2D eigenvalue weighted by Gasteiger charge is -2.45. The predicted octanol–water partition coefficient (Wildman–Crippen LogP) is 11.9. The monoisotopic (exact) mass is 698 g/mol. The zero-order valence-electron chi connectivity index (χ0n) is 34.8. The van der Waals surface area contributed by atoms with Crippen LogP contribution in [0.4, 0.5) is 34.1 Å². The van der Waals surface area contributed by atoms with Crippen molar-refractivity contribution < 1.29 is 0 Å². The van der Waals surface area contributed by atoms with Crippen molar-refractivity contribution in [3.63, 3.8) is 0 Å². The lowest BCUT2D eigenvalue weighted by molar-refractivity contribution is 0.403. The smallest absolute Gasteiger partial charge is 0.252 e. The number of hydrogen-bond donors (Lipinski definition) is 0. The van der Waals surface area contributed by atoms with E-state index in [1.54, 1.807) is 0 Å². The molecule has 0 unspecified atom stereocenters. The standard InChI is InChI=1S/C50H59BN2/c1-31-18-23-41-39(24-31)51-40-28-37-38(50(13,14)30-49(37,11)12)29-44(40)53(36-26-33(47(5,6)7)25-34(27-36)48(8,9)10)43-17-15-16-42(45(43)51)52(41)35-21-19-32(20-22-35)46(2,3)4/h15-29H,30H2,1-14H3. The Kier molecular flexibility index (Phi) is 7.69. The number of benzene rings is 5. The van der Waals surface area contributed by atoms with Crippen LogP contribution in [0, 0.1) is 6.92 Å². The van der Waals surface area contributed by atoms with Crippen molar-refractivity contribution in [1.29, 1.82) is 0 Å². The summed E-state index contributed by atoms with van der Waals surface area (Å²) in [5.74, 6) is 0. The van der Waals surface area contributed by atoms with E-state index in [4.69, 9.17) is 0 Å². The van der Waals surface area contributed by atoms with Gasteiger partial charge in [-0.25, -0.2) is 0 Å². The van der Waals surface area contributed by atoms with E-state index >= 15 is 0 Å². The first-order chi connectivity index (χ1) is 24.6. The molecule has 0 N–H and O–H groups in total. The topological polar surface area (TPSA) is 6.48 Å². The third-order valence-corrected chi connectivity index (χ3v) is 12.5. The number of fused-ring (bicyclic) bond motifs is 5. The molecule has 0 radical (unpaired) electrons. The molecule has 5 aromatic rings. The predicted molar refractivity (Wildman–Crippen MR) is 232 cm³/mol. The molecule has 0 aromatic heterocycles. The molecule has 0 fully saturated rings. The van der Waals surface area contributed by atoms with Gasteiger partial charge in [0, 0.05) is 34.1 Å². The van der Waals surface area contributed by atoms with Crippen LogP contribution in [0.3, 0.4) is 0 Å². The molecule has 3 heteroatoms. The summed E-state index contributed by atoms with van der Waals surface area (Å²) in [6.07, 6.45) is 1.14. The van der Waals surface area contributed by atoms with Gasteiger partial charge in [0.25, 0.3) is 6.71 Å². The van der Waals surface area contributed by atoms with E-state index in [1.165, 1.54) is 83.9 Å². The van der Waals surface area contributed by atoms with Gasteiger partial charge in [-0.05, 0) is 133 Å². The Morgan fingerprint density at radius 1 is 0.491 bits per heavy atom. The molecular formula is C50H59BN2. The van der Waals surface area contributed by atoms with Gasteiger partial charge in [-0.15, -0.1) is 0 Å². The Balaban J connectivity index is 1.48. The highest BCUT2D eigenvalue weighted by molar-refractivity contribution is 7.00. The highest BCUT2D eigenvalue weighted by Crippen LogP contribution is 2.52. The summed E-state index contributed by atoms with van der Waals surface area (Å²) in [5.41, 5.74) is 20.5. The molecule has 0 spiro atoms. The summed E-state index contributed by atoms with van der Waals surface area (Å²) < 4.78 is 0. The van der Waals surface area contributed by atoms with Crippen LogP contribution in [0.25, 0.3) is 0 Å². The average molecular weight is 699 g/mol. The first kappa shape index (κ1) is 35.8. The molecule has 2 nitrogen and oxygen atoms in total. The zero-order valence-corrected chi connectivity index (χ0v) is 34.8. The van der Waals surface area contributed by atoms with Crippen LogP contribution in [0.2, 0.25) is 0 Å². The van der Waals surface area contributed by atoms with Crippen LogP contribution < -0.4 is 26.2 Å². The van der Waals surface area contributed by atoms with Crippen molar-refractivity contribution in [2.45, 2.75) is 130 Å². The Labute approximate surface area is 320 Å². The molecule has 272 valence electrons. The van der Waals surface area contributed by atoms with Gasteiger partial charge in [0.1, 0.15) is 0 Å². The first-order valence-electron chi connectivity index (χ1n) is 19.9. The number of anilines is 6. The average Bonchev–Trinajstić information content (AvgIpc) is 3.24. The van der Waals surface area contributed by atoms with Gasteiger partial charge in [0.2, 0.25) is 0 Å². The summed E-state index contributed by atoms with van der Waals surface area (Å²) >= 11 is 0. The summed E-state index contributed by atoms with van der Waals surface area (Å²) in [4.78, 5) is 5.17. The lowest BCUT2D eigenvalue weighted by Crippen LogP contribution is -2.61. The van der Waals surface area contributed by atoms with Crippen LogP contribution in [-0.2, 0) is 27.1 Å². The minimum absolute atomic E-state index is 0.00368. The minimum atomic E-state index is 0.00368. The van der Waals surface area contributed by atoms with Crippen molar-refractivity contribution >= 4 is 57.2 Å². The number of rotatable bonds is 2. The molecule has 0 saturated heterocycles. The zero-order chi connectivity index (χ0) is 38.2. The molecule has 3 aliphatic rings. The van der Waals surface area contributed by atoms with E-state index in [0.29, 0.717) is 0 Å². The van der Waals surface area contributed by atoms with E-state index < -0.39 is 0 Å². The Morgan fingerprint density at radius 2 is 1.00 bits per heavy atom. The largest absolute Gasteiger partial charge is 0.311 e. The summed E-state index contributed by atoms with van der Waals surface area (Å²) in [6, 6.07) is 36.1. The van der Waals surface area contributed by atoms with E-state index in [-0.39, 0.29) is 33.8 Å². The van der Waals surface area contributed by atoms with Crippen LogP contribution in [0.15, 0.2) is 91.0 Å². The maximum atomic E-state index is 2.64. The van der Waals surface area contributed by atoms with Crippen molar-refractivity contribution in [2.75, 3.05) is 9.80 Å². The fraction of sp³-hybridized carbons (Fsp3) is 0.400. The van der Waals surface area contributed by atoms with Gasteiger partial charge in [-0.3, -0.25) is 0 Å². The van der Waals surface area contributed by atoms with Crippen LogP contribution in [0.1, 0.15) is 130 Å². The molecule has 0 amide bonds. The van der Waals surface area contributed by atoms with E-state index in [9.17, 15) is 0 Å². The molecule has 2 heterocycles. The highest BCUT2D eigenvalue weighted by atomic mass is 15.2. The third-order valence-electron chi connectivity index (χ3n) is 12.5. The lowest BCUT2D eigenvalue weighted by atomic mass is 9.33. The van der Waals surface area contributed by atoms with E-state index in [1.807, 2.05) is 0 Å². The minimum Gasteiger partial charge on any atom is -0.311 e. The molecule has 8 rings (SSSR count). The van der Waals surface area contributed by atoms with Gasteiger partial charge in [-0.1, -0.05) is 138 Å². The molecule has 0 bridgehead atoms. The maximum Gasteiger partial charge on any atom is 0.252 e. The van der Waals surface area contributed by atoms with Crippen LogP contribution in [0.5, 0.6) is 0 Å². The quantitative estimate of drug-likeness (QED) is 0.166. The first-order valence-corrected chi connectivity index (χ1v) is 19.9. The van der Waals surface area contributed by atoms with Crippen LogP contribution >= 0.6 is 0 Å². The molecular weight excluding hydrogens is 639 g/mol. The molecule has 5 aromatic carbocycles. The van der Waals surface area contributed by atoms with Crippen molar-refractivity contribution in [2.24, 2.45) is 0 Å². The second-order valence-corrected chi connectivity index (χ2v) is 20.8. The number of nitrogens with zero attached hydrogens (tertiary/aromatic N) is 2.